The van der Waals surface area contributed by atoms with Crippen LogP contribution in [-0.4, -0.2) is 29.7 Å². The maximum Gasteiger partial charge on any atom is 0.141 e. The zero-order valence-electron chi connectivity index (χ0n) is 13.7. The third-order valence-electron chi connectivity index (χ3n) is 5.09. The topological polar surface area (TPSA) is 38.2 Å². The van der Waals surface area contributed by atoms with E-state index in [9.17, 15) is 4.39 Å². The molecule has 1 aliphatic carbocycles. The number of nitrogens with zero attached hydrogens (tertiary/aromatic N) is 3. The van der Waals surface area contributed by atoms with Gasteiger partial charge in [0.2, 0.25) is 0 Å². The summed E-state index contributed by atoms with van der Waals surface area (Å²) < 4.78 is 19.1. The van der Waals surface area contributed by atoms with Gasteiger partial charge in [-0.25, -0.2) is 14.4 Å². The zero-order chi connectivity index (χ0) is 16.8. The van der Waals surface area contributed by atoms with Gasteiger partial charge in [-0.15, -0.1) is 11.3 Å². The summed E-state index contributed by atoms with van der Waals surface area (Å²) in [5, 5.41) is 1.24. The monoisotopic (exact) mass is 355 g/mol. The van der Waals surface area contributed by atoms with E-state index in [-0.39, 0.29) is 11.9 Å². The third-order valence-corrected chi connectivity index (χ3v) is 6.29. The van der Waals surface area contributed by atoms with Gasteiger partial charge in [0.1, 0.15) is 28.9 Å². The van der Waals surface area contributed by atoms with Gasteiger partial charge in [-0.1, -0.05) is 12.1 Å². The number of anilines is 1. The average Bonchev–Trinajstić information content (AvgIpc) is 3.23. The molecule has 1 aliphatic heterocycles. The molecule has 2 aromatic heterocycles. The summed E-state index contributed by atoms with van der Waals surface area (Å²) in [6, 6.07) is 6.60. The number of hydrogen-bond donors (Lipinski definition) is 0. The van der Waals surface area contributed by atoms with Crippen LogP contribution < -0.4 is 4.90 Å². The molecule has 1 unspecified atom stereocenters. The molecule has 0 spiro atoms. The fraction of sp³-hybridized carbons (Fsp3) is 0.368. The SMILES string of the molecule is Fc1ccc(C2CN(c3ncnc4sc5c(c34)CCC5)CCO2)cc1. The van der Waals surface area contributed by atoms with E-state index >= 15 is 0 Å². The summed E-state index contributed by atoms with van der Waals surface area (Å²) in [5.41, 5.74) is 2.45. The molecule has 25 heavy (non-hydrogen) atoms. The first-order chi connectivity index (χ1) is 12.3. The zero-order valence-corrected chi connectivity index (χ0v) is 14.6. The number of ether oxygens (including phenoxy) is 1. The van der Waals surface area contributed by atoms with Gasteiger partial charge in [-0.3, -0.25) is 0 Å². The summed E-state index contributed by atoms with van der Waals surface area (Å²) in [4.78, 5) is 14.0. The molecule has 0 radical (unpaired) electrons. The highest BCUT2D eigenvalue weighted by Crippen LogP contribution is 2.40. The molecular weight excluding hydrogens is 337 g/mol. The Morgan fingerprint density at radius 1 is 1.16 bits per heavy atom. The summed E-state index contributed by atoms with van der Waals surface area (Å²) in [7, 11) is 0. The number of fused-ring (bicyclic) bond motifs is 3. The molecule has 4 nitrogen and oxygen atoms in total. The van der Waals surface area contributed by atoms with E-state index in [4.69, 9.17) is 4.74 Å². The Morgan fingerprint density at radius 3 is 2.92 bits per heavy atom. The Kier molecular flexibility index (Phi) is 3.68. The van der Waals surface area contributed by atoms with Crippen molar-refractivity contribution in [3.8, 4) is 0 Å². The van der Waals surface area contributed by atoms with Crippen molar-refractivity contribution in [2.75, 3.05) is 24.6 Å². The largest absolute Gasteiger partial charge is 0.370 e. The van der Waals surface area contributed by atoms with Gasteiger partial charge >= 0.3 is 0 Å². The molecule has 1 saturated heterocycles. The maximum atomic E-state index is 13.2. The smallest absolute Gasteiger partial charge is 0.141 e. The first-order valence-corrected chi connectivity index (χ1v) is 9.48. The van der Waals surface area contributed by atoms with Gasteiger partial charge in [0.15, 0.2) is 0 Å². The molecule has 1 fully saturated rings. The second-order valence-electron chi connectivity index (χ2n) is 6.59. The minimum atomic E-state index is -0.220. The lowest BCUT2D eigenvalue weighted by Gasteiger charge is -2.34. The number of aryl methyl sites for hydroxylation is 2. The molecule has 3 aromatic rings. The predicted molar refractivity (Wildman–Crippen MR) is 96.7 cm³/mol. The quantitative estimate of drug-likeness (QED) is 0.699. The van der Waals surface area contributed by atoms with Crippen molar-refractivity contribution in [1.82, 2.24) is 9.97 Å². The predicted octanol–water partition coefficient (Wildman–Crippen LogP) is 3.90. The van der Waals surface area contributed by atoms with Crippen LogP contribution in [-0.2, 0) is 17.6 Å². The van der Waals surface area contributed by atoms with Crippen molar-refractivity contribution >= 4 is 27.4 Å². The molecule has 6 heteroatoms. The van der Waals surface area contributed by atoms with Gasteiger partial charge in [0.25, 0.3) is 0 Å². The molecule has 3 heterocycles. The average molecular weight is 355 g/mol. The number of thiophene rings is 1. The molecule has 0 bridgehead atoms. The van der Waals surface area contributed by atoms with Gasteiger partial charge in [-0.2, -0.15) is 0 Å². The first-order valence-electron chi connectivity index (χ1n) is 8.67. The van der Waals surface area contributed by atoms with Crippen molar-refractivity contribution in [2.24, 2.45) is 0 Å². The van der Waals surface area contributed by atoms with Crippen molar-refractivity contribution in [3.05, 3.63) is 52.4 Å². The lowest BCUT2D eigenvalue weighted by atomic mass is 10.1. The summed E-state index contributed by atoms with van der Waals surface area (Å²) in [5.74, 6) is 0.808. The van der Waals surface area contributed by atoms with E-state index in [1.165, 1.54) is 34.4 Å². The second-order valence-corrected chi connectivity index (χ2v) is 7.68. The van der Waals surface area contributed by atoms with Crippen molar-refractivity contribution in [2.45, 2.75) is 25.4 Å². The minimum Gasteiger partial charge on any atom is -0.370 e. The van der Waals surface area contributed by atoms with Gasteiger partial charge in [0, 0.05) is 18.0 Å². The Balaban J connectivity index is 1.51. The second kappa shape index (κ2) is 6.04. The third kappa shape index (κ3) is 2.60. The van der Waals surface area contributed by atoms with Crippen molar-refractivity contribution in [1.29, 1.82) is 0 Å². The van der Waals surface area contributed by atoms with E-state index in [1.54, 1.807) is 18.5 Å². The van der Waals surface area contributed by atoms with Crippen LogP contribution in [0.1, 0.15) is 28.5 Å². The Morgan fingerprint density at radius 2 is 2.04 bits per heavy atom. The fourth-order valence-electron chi connectivity index (χ4n) is 3.87. The van der Waals surface area contributed by atoms with E-state index < -0.39 is 0 Å². The van der Waals surface area contributed by atoms with Gasteiger partial charge in [-0.05, 0) is 42.5 Å². The standard InChI is InChI=1S/C19H18FN3OS/c20-13-6-4-12(5-7-13)15-10-23(8-9-24-15)18-17-14-2-1-3-16(14)25-19(17)22-11-21-18/h4-7,11,15H,1-3,8-10H2. The number of aromatic nitrogens is 2. The summed E-state index contributed by atoms with van der Waals surface area (Å²) >= 11 is 1.81. The maximum absolute atomic E-state index is 13.2. The number of benzene rings is 1. The van der Waals surface area contributed by atoms with E-state index in [0.717, 1.165) is 42.1 Å². The highest BCUT2D eigenvalue weighted by atomic mass is 32.1. The van der Waals surface area contributed by atoms with Crippen LogP contribution >= 0.6 is 11.3 Å². The molecule has 1 atom stereocenters. The summed E-state index contributed by atoms with van der Waals surface area (Å²) in [6.45, 7) is 2.18. The minimum absolute atomic E-state index is 0.0638. The van der Waals surface area contributed by atoms with E-state index in [2.05, 4.69) is 14.9 Å². The van der Waals surface area contributed by atoms with Crippen LogP contribution in [0.2, 0.25) is 0 Å². The van der Waals surface area contributed by atoms with Crippen LogP contribution in [0.3, 0.4) is 0 Å². The molecular formula is C19H18FN3OS. The van der Waals surface area contributed by atoms with E-state index in [0.29, 0.717) is 6.61 Å². The molecule has 0 amide bonds. The molecule has 5 rings (SSSR count). The van der Waals surface area contributed by atoms with Gasteiger partial charge in [0.05, 0.1) is 12.0 Å². The van der Waals surface area contributed by atoms with Crippen molar-refractivity contribution in [3.63, 3.8) is 0 Å². The summed E-state index contributed by atoms with van der Waals surface area (Å²) in [6.07, 6.45) is 5.13. The molecule has 2 aliphatic rings. The molecule has 128 valence electrons. The molecule has 0 saturated carbocycles. The van der Waals surface area contributed by atoms with Crippen molar-refractivity contribution < 1.29 is 9.13 Å². The fourth-order valence-corrected chi connectivity index (χ4v) is 5.10. The number of hydrogen-bond acceptors (Lipinski definition) is 5. The van der Waals surface area contributed by atoms with Gasteiger partial charge < -0.3 is 9.64 Å². The first kappa shape index (κ1) is 15.2. The van der Waals surface area contributed by atoms with Crippen LogP contribution in [0.25, 0.3) is 10.2 Å². The molecule has 0 N–H and O–H groups in total. The lowest BCUT2D eigenvalue weighted by molar-refractivity contribution is 0.0396. The Hall–Kier alpha value is -2.05. The molecule has 1 aromatic carbocycles. The Bertz CT molecular complexity index is 924. The van der Waals surface area contributed by atoms with Crippen LogP contribution in [0.15, 0.2) is 30.6 Å². The highest BCUT2D eigenvalue weighted by molar-refractivity contribution is 7.19. The van der Waals surface area contributed by atoms with Crippen LogP contribution in [0.5, 0.6) is 0 Å². The Labute approximate surface area is 149 Å². The highest BCUT2D eigenvalue weighted by Gasteiger charge is 2.27. The number of halogens is 1. The van der Waals surface area contributed by atoms with Crippen LogP contribution in [0.4, 0.5) is 10.2 Å². The number of rotatable bonds is 2. The lowest BCUT2D eigenvalue weighted by Crippen LogP contribution is -2.39. The van der Waals surface area contributed by atoms with Crippen LogP contribution in [0, 0.1) is 5.82 Å². The van der Waals surface area contributed by atoms with E-state index in [1.807, 2.05) is 11.3 Å². The normalized spacial score (nSPS) is 20.2. The number of morpholine rings is 1.